The van der Waals surface area contributed by atoms with Gasteiger partial charge in [-0.1, -0.05) is 23.7 Å². The molecule has 0 bridgehead atoms. The molecule has 0 atom stereocenters. The predicted octanol–water partition coefficient (Wildman–Crippen LogP) is 2.66. The molecule has 2 aromatic heterocycles. The SMILES string of the molecule is O=c1[nH]c2c(Cl)cccc2c2[nH]ccc12. The summed E-state index contributed by atoms with van der Waals surface area (Å²) in [5.41, 5.74) is 1.39. The minimum Gasteiger partial charge on any atom is -0.360 e. The molecule has 0 fully saturated rings. The fourth-order valence-electron chi connectivity index (χ4n) is 1.82. The first-order chi connectivity index (χ1) is 7.27. The van der Waals surface area contributed by atoms with E-state index in [9.17, 15) is 4.79 Å². The van der Waals surface area contributed by atoms with Crippen LogP contribution in [0, 0.1) is 0 Å². The Morgan fingerprint density at radius 1 is 1.07 bits per heavy atom. The maximum absolute atomic E-state index is 11.7. The van der Waals surface area contributed by atoms with Crippen LogP contribution < -0.4 is 5.56 Å². The van der Waals surface area contributed by atoms with Gasteiger partial charge in [-0.25, -0.2) is 0 Å². The second kappa shape index (κ2) is 2.87. The quantitative estimate of drug-likeness (QED) is 0.599. The summed E-state index contributed by atoms with van der Waals surface area (Å²) in [6.07, 6.45) is 1.75. The average molecular weight is 219 g/mol. The highest BCUT2D eigenvalue weighted by molar-refractivity contribution is 6.35. The monoisotopic (exact) mass is 218 g/mol. The first kappa shape index (κ1) is 8.56. The first-order valence-electron chi connectivity index (χ1n) is 4.55. The average Bonchev–Trinajstić information content (AvgIpc) is 2.69. The summed E-state index contributed by atoms with van der Waals surface area (Å²) >= 11 is 6.01. The van der Waals surface area contributed by atoms with E-state index in [-0.39, 0.29) is 5.56 Å². The second-order valence-electron chi connectivity index (χ2n) is 3.38. The molecule has 0 aliphatic carbocycles. The van der Waals surface area contributed by atoms with Crippen molar-refractivity contribution < 1.29 is 0 Å². The number of para-hydroxylation sites is 1. The maximum Gasteiger partial charge on any atom is 0.257 e. The molecular formula is C11H7ClN2O. The van der Waals surface area contributed by atoms with E-state index in [1.165, 1.54) is 0 Å². The molecule has 0 saturated carbocycles. The van der Waals surface area contributed by atoms with Crippen LogP contribution in [0.3, 0.4) is 0 Å². The van der Waals surface area contributed by atoms with Crippen molar-refractivity contribution in [1.29, 1.82) is 0 Å². The fraction of sp³-hybridized carbons (Fsp3) is 0. The van der Waals surface area contributed by atoms with Crippen LogP contribution in [0.2, 0.25) is 5.02 Å². The third-order valence-corrected chi connectivity index (χ3v) is 2.83. The Bertz CT molecular complexity index is 711. The fourth-order valence-corrected chi connectivity index (χ4v) is 2.04. The number of aromatic nitrogens is 2. The summed E-state index contributed by atoms with van der Waals surface area (Å²) in [5, 5.41) is 2.15. The molecule has 4 heteroatoms. The molecule has 1 aromatic carbocycles. The van der Waals surface area contributed by atoms with E-state index < -0.39 is 0 Å². The van der Waals surface area contributed by atoms with Gasteiger partial charge >= 0.3 is 0 Å². The summed E-state index contributed by atoms with van der Waals surface area (Å²) in [7, 11) is 0. The highest BCUT2D eigenvalue weighted by atomic mass is 35.5. The normalized spacial score (nSPS) is 11.3. The highest BCUT2D eigenvalue weighted by Crippen LogP contribution is 2.24. The van der Waals surface area contributed by atoms with Gasteiger partial charge in [0, 0.05) is 11.6 Å². The van der Waals surface area contributed by atoms with Crippen LogP contribution in [0.25, 0.3) is 21.8 Å². The van der Waals surface area contributed by atoms with Crippen molar-refractivity contribution in [2.45, 2.75) is 0 Å². The highest BCUT2D eigenvalue weighted by Gasteiger charge is 2.07. The minimum atomic E-state index is -0.119. The predicted molar refractivity (Wildman–Crippen MR) is 61.4 cm³/mol. The van der Waals surface area contributed by atoms with Crippen molar-refractivity contribution in [2.75, 3.05) is 0 Å². The molecule has 3 rings (SSSR count). The van der Waals surface area contributed by atoms with Gasteiger partial charge in [-0.05, 0) is 12.1 Å². The van der Waals surface area contributed by atoms with Gasteiger partial charge in [-0.2, -0.15) is 0 Å². The third-order valence-electron chi connectivity index (χ3n) is 2.51. The summed E-state index contributed by atoms with van der Waals surface area (Å²) in [6.45, 7) is 0. The van der Waals surface area contributed by atoms with Crippen molar-refractivity contribution in [3.05, 3.63) is 45.8 Å². The second-order valence-corrected chi connectivity index (χ2v) is 3.79. The third kappa shape index (κ3) is 1.10. The lowest BCUT2D eigenvalue weighted by atomic mass is 10.2. The molecule has 0 aliphatic heterocycles. The van der Waals surface area contributed by atoms with Gasteiger partial charge in [0.1, 0.15) is 0 Å². The van der Waals surface area contributed by atoms with Gasteiger partial charge in [-0.3, -0.25) is 4.79 Å². The van der Waals surface area contributed by atoms with Gasteiger partial charge in [0.2, 0.25) is 0 Å². The lowest BCUT2D eigenvalue weighted by molar-refractivity contribution is 1.34. The van der Waals surface area contributed by atoms with Crippen molar-refractivity contribution in [2.24, 2.45) is 0 Å². The summed E-state index contributed by atoms with van der Waals surface area (Å²) in [4.78, 5) is 17.5. The zero-order chi connectivity index (χ0) is 10.4. The number of pyridine rings is 1. The Morgan fingerprint density at radius 2 is 1.93 bits per heavy atom. The smallest absolute Gasteiger partial charge is 0.257 e. The summed E-state index contributed by atoms with van der Waals surface area (Å²) in [6, 6.07) is 7.31. The summed E-state index contributed by atoms with van der Waals surface area (Å²) < 4.78 is 0. The van der Waals surface area contributed by atoms with Gasteiger partial charge in [0.25, 0.3) is 5.56 Å². The number of nitrogens with one attached hydrogen (secondary N) is 2. The number of hydrogen-bond donors (Lipinski definition) is 2. The van der Waals surface area contributed by atoms with Crippen LogP contribution >= 0.6 is 11.6 Å². The standard InChI is InChI=1S/C11H7ClN2O/c12-8-3-1-2-6-9-7(4-5-13-9)11(15)14-10(6)8/h1-5,13H,(H,14,15). The van der Waals surface area contributed by atoms with Crippen molar-refractivity contribution >= 4 is 33.4 Å². The lowest BCUT2D eigenvalue weighted by Gasteiger charge is -2.01. The number of benzene rings is 1. The number of rotatable bonds is 0. The van der Waals surface area contributed by atoms with E-state index in [2.05, 4.69) is 9.97 Å². The van der Waals surface area contributed by atoms with Crippen LogP contribution in [0.15, 0.2) is 35.3 Å². The van der Waals surface area contributed by atoms with Crippen molar-refractivity contribution in [3.8, 4) is 0 Å². The van der Waals surface area contributed by atoms with Gasteiger partial charge < -0.3 is 9.97 Å². The number of fused-ring (bicyclic) bond motifs is 3. The van der Waals surface area contributed by atoms with Gasteiger partial charge in [0.05, 0.1) is 21.4 Å². The molecule has 0 radical (unpaired) electrons. The van der Waals surface area contributed by atoms with E-state index >= 15 is 0 Å². The molecule has 0 amide bonds. The molecule has 3 aromatic rings. The van der Waals surface area contributed by atoms with E-state index in [1.54, 1.807) is 18.3 Å². The molecule has 2 heterocycles. The molecule has 0 spiro atoms. The molecule has 15 heavy (non-hydrogen) atoms. The number of H-pyrrole nitrogens is 2. The zero-order valence-corrected chi connectivity index (χ0v) is 8.43. The molecule has 3 nitrogen and oxygen atoms in total. The molecule has 0 aliphatic rings. The summed E-state index contributed by atoms with van der Waals surface area (Å²) in [5.74, 6) is 0. The largest absolute Gasteiger partial charge is 0.360 e. The molecule has 74 valence electrons. The van der Waals surface area contributed by atoms with Crippen LogP contribution in [0.5, 0.6) is 0 Å². The Kier molecular flexibility index (Phi) is 1.64. The van der Waals surface area contributed by atoms with E-state index in [0.717, 1.165) is 10.9 Å². The van der Waals surface area contributed by atoms with Crippen LogP contribution in [-0.2, 0) is 0 Å². The first-order valence-corrected chi connectivity index (χ1v) is 4.93. The number of halogens is 1. The zero-order valence-electron chi connectivity index (χ0n) is 7.67. The van der Waals surface area contributed by atoms with E-state index in [4.69, 9.17) is 11.6 Å². The van der Waals surface area contributed by atoms with Crippen LogP contribution in [-0.4, -0.2) is 9.97 Å². The lowest BCUT2D eigenvalue weighted by Crippen LogP contribution is -2.05. The van der Waals surface area contributed by atoms with E-state index in [1.807, 2.05) is 12.1 Å². The molecule has 2 N–H and O–H groups in total. The van der Waals surface area contributed by atoms with Gasteiger partial charge in [-0.15, -0.1) is 0 Å². The minimum absolute atomic E-state index is 0.119. The van der Waals surface area contributed by atoms with Gasteiger partial charge in [0.15, 0.2) is 0 Å². The van der Waals surface area contributed by atoms with Crippen LogP contribution in [0.1, 0.15) is 0 Å². The molecule has 0 saturated heterocycles. The molecule has 0 unspecified atom stereocenters. The number of aromatic amines is 2. The molecular weight excluding hydrogens is 212 g/mol. The Morgan fingerprint density at radius 3 is 2.80 bits per heavy atom. The Hall–Kier alpha value is -1.74. The Labute approximate surface area is 89.7 Å². The maximum atomic E-state index is 11.7. The van der Waals surface area contributed by atoms with E-state index in [0.29, 0.717) is 15.9 Å². The topological polar surface area (TPSA) is 48.6 Å². The Balaban J connectivity index is 2.72. The van der Waals surface area contributed by atoms with Crippen molar-refractivity contribution in [1.82, 2.24) is 9.97 Å². The van der Waals surface area contributed by atoms with Crippen LogP contribution in [0.4, 0.5) is 0 Å². The van der Waals surface area contributed by atoms with Crippen molar-refractivity contribution in [3.63, 3.8) is 0 Å². The number of hydrogen-bond acceptors (Lipinski definition) is 1.